The fraction of sp³-hybridized carbons (Fsp3) is 0.455. The van der Waals surface area contributed by atoms with Crippen molar-refractivity contribution < 1.29 is 22.7 Å². The number of amides is 1. The van der Waals surface area contributed by atoms with Crippen LogP contribution in [-0.2, 0) is 21.2 Å². The molecule has 1 aliphatic rings. The van der Waals surface area contributed by atoms with Crippen LogP contribution in [0.15, 0.2) is 42.6 Å². The quantitative estimate of drug-likeness (QED) is 0.618. The Morgan fingerprint density at radius 1 is 1.23 bits per heavy atom. The fourth-order valence-electron chi connectivity index (χ4n) is 3.45. The standard InChI is InChI=1S/C22H29N3O5S/c1-4-31(27,28)24(2)18-8-9-21(23-16-18)30-19-10-12-25(13-11-19)22(26)15-17-6-5-7-20(14-17)29-3/h5-9,14,16,19H,4,10-13,15H2,1-3H3. The molecule has 2 heterocycles. The van der Waals surface area contributed by atoms with Gasteiger partial charge in [0.1, 0.15) is 11.9 Å². The first-order chi connectivity index (χ1) is 14.8. The smallest absolute Gasteiger partial charge is 0.234 e. The van der Waals surface area contributed by atoms with Crippen LogP contribution in [0.3, 0.4) is 0 Å². The molecule has 0 N–H and O–H groups in total. The number of likely N-dealkylation sites (tertiary alicyclic amines) is 1. The Bertz CT molecular complexity index is 986. The molecule has 1 aromatic carbocycles. The monoisotopic (exact) mass is 447 g/mol. The molecule has 2 aromatic rings. The molecular formula is C22H29N3O5S. The van der Waals surface area contributed by atoms with Crippen LogP contribution in [0.2, 0.25) is 0 Å². The van der Waals surface area contributed by atoms with Crippen molar-refractivity contribution in [3.05, 3.63) is 48.2 Å². The van der Waals surface area contributed by atoms with E-state index >= 15 is 0 Å². The van der Waals surface area contributed by atoms with Gasteiger partial charge < -0.3 is 14.4 Å². The summed E-state index contributed by atoms with van der Waals surface area (Å²) in [4.78, 5) is 18.7. The second kappa shape index (κ2) is 10.00. The maximum absolute atomic E-state index is 12.6. The van der Waals surface area contributed by atoms with E-state index in [1.54, 1.807) is 26.2 Å². The van der Waals surface area contributed by atoms with Gasteiger partial charge in [-0.3, -0.25) is 9.10 Å². The summed E-state index contributed by atoms with van der Waals surface area (Å²) in [5.74, 6) is 1.31. The SMILES string of the molecule is CCS(=O)(=O)N(C)c1ccc(OC2CCN(C(=O)Cc3cccc(OC)c3)CC2)nc1. The Labute approximate surface area is 183 Å². The topological polar surface area (TPSA) is 89.0 Å². The molecule has 0 saturated carbocycles. The van der Waals surface area contributed by atoms with Gasteiger partial charge in [0, 0.05) is 39.0 Å². The minimum Gasteiger partial charge on any atom is -0.497 e. The van der Waals surface area contributed by atoms with Crippen molar-refractivity contribution in [2.24, 2.45) is 0 Å². The minimum absolute atomic E-state index is 0.0247. The first kappa shape index (κ1) is 22.9. The zero-order valence-electron chi connectivity index (χ0n) is 18.2. The molecular weight excluding hydrogens is 418 g/mol. The van der Waals surface area contributed by atoms with Gasteiger partial charge in [0.25, 0.3) is 0 Å². The summed E-state index contributed by atoms with van der Waals surface area (Å²) in [7, 11) is -0.205. The molecule has 1 saturated heterocycles. The molecule has 9 heteroatoms. The minimum atomic E-state index is -3.32. The molecule has 0 atom stereocenters. The Morgan fingerprint density at radius 3 is 2.58 bits per heavy atom. The number of carbonyl (C=O) groups is 1. The fourth-order valence-corrected chi connectivity index (χ4v) is 4.26. The Balaban J connectivity index is 1.50. The normalized spacial score (nSPS) is 14.9. The van der Waals surface area contributed by atoms with Crippen LogP contribution in [0.1, 0.15) is 25.3 Å². The van der Waals surface area contributed by atoms with Gasteiger partial charge in [-0.05, 0) is 30.7 Å². The van der Waals surface area contributed by atoms with Crippen LogP contribution in [0.25, 0.3) is 0 Å². The lowest BCUT2D eigenvalue weighted by Gasteiger charge is -2.32. The van der Waals surface area contributed by atoms with Crippen LogP contribution in [0.4, 0.5) is 5.69 Å². The summed E-state index contributed by atoms with van der Waals surface area (Å²) in [6, 6.07) is 10.9. The summed E-state index contributed by atoms with van der Waals surface area (Å²) in [6.07, 6.45) is 3.25. The summed E-state index contributed by atoms with van der Waals surface area (Å²) in [6.45, 7) is 2.86. The molecule has 0 radical (unpaired) electrons. The molecule has 1 amide bonds. The maximum Gasteiger partial charge on any atom is 0.234 e. The number of hydrogen-bond acceptors (Lipinski definition) is 6. The van der Waals surface area contributed by atoms with Crippen molar-refractivity contribution in [1.29, 1.82) is 0 Å². The van der Waals surface area contributed by atoms with E-state index in [0.29, 0.717) is 31.1 Å². The number of piperidine rings is 1. The molecule has 0 spiro atoms. The molecule has 1 aliphatic heterocycles. The van der Waals surface area contributed by atoms with Gasteiger partial charge >= 0.3 is 0 Å². The maximum atomic E-state index is 12.6. The van der Waals surface area contributed by atoms with E-state index in [2.05, 4.69) is 4.98 Å². The number of pyridine rings is 1. The van der Waals surface area contributed by atoms with E-state index in [4.69, 9.17) is 9.47 Å². The highest BCUT2D eigenvalue weighted by atomic mass is 32.2. The number of methoxy groups -OCH3 is 1. The third-order valence-electron chi connectivity index (χ3n) is 5.44. The lowest BCUT2D eigenvalue weighted by Crippen LogP contribution is -2.42. The van der Waals surface area contributed by atoms with Gasteiger partial charge in [0.05, 0.1) is 31.2 Å². The second-order valence-corrected chi connectivity index (χ2v) is 9.74. The van der Waals surface area contributed by atoms with Crippen molar-refractivity contribution >= 4 is 21.6 Å². The first-order valence-corrected chi connectivity index (χ1v) is 11.9. The average molecular weight is 448 g/mol. The van der Waals surface area contributed by atoms with Crippen molar-refractivity contribution in [1.82, 2.24) is 9.88 Å². The number of carbonyl (C=O) groups excluding carboxylic acids is 1. The van der Waals surface area contributed by atoms with Crippen LogP contribution < -0.4 is 13.8 Å². The van der Waals surface area contributed by atoms with Gasteiger partial charge in [0.15, 0.2) is 0 Å². The van der Waals surface area contributed by atoms with Crippen LogP contribution in [0.5, 0.6) is 11.6 Å². The van der Waals surface area contributed by atoms with E-state index in [1.807, 2.05) is 29.2 Å². The van der Waals surface area contributed by atoms with Crippen LogP contribution in [0, 0.1) is 0 Å². The number of rotatable bonds is 8. The molecule has 3 rings (SSSR count). The van der Waals surface area contributed by atoms with Gasteiger partial charge in [-0.25, -0.2) is 13.4 Å². The van der Waals surface area contributed by atoms with Gasteiger partial charge in [-0.15, -0.1) is 0 Å². The second-order valence-electron chi connectivity index (χ2n) is 7.45. The van der Waals surface area contributed by atoms with E-state index in [1.165, 1.54) is 17.5 Å². The molecule has 1 fully saturated rings. The zero-order chi connectivity index (χ0) is 22.4. The van der Waals surface area contributed by atoms with E-state index < -0.39 is 10.0 Å². The average Bonchev–Trinajstić information content (AvgIpc) is 2.79. The molecule has 0 aliphatic carbocycles. The van der Waals surface area contributed by atoms with Crippen LogP contribution >= 0.6 is 0 Å². The predicted octanol–water partition coefficient (Wildman–Crippen LogP) is 2.49. The predicted molar refractivity (Wildman–Crippen MR) is 119 cm³/mol. The molecule has 168 valence electrons. The molecule has 31 heavy (non-hydrogen) atoms. The Hall–Kier alpha value is -2.81. The third-order valence-corrected chi connectivity index (χ3v) is 7.21. The number of aromatic nitrogens is 1. The summed E-state index contributed by atoms with van der Waals surface area (Å²) >= 11 is 0. The van der Waals surface area contributed by atoms with Gasteiger partial charge in [-0.2, -0.15) is 0 Å². The highest BCUT2D eigenvalue weighted by molar-refractivity contribution is 7.92. The Kier molecular flexibility index (Phi) is 7.37. The zero-order valence-corrected chi connectivity index (χ0v) is 19.0. The highest BCUT2D eigenvalue weighted by Gasteiger charge is 2.24. The first-order valence-electron chi connectivity index (χ1n) is 10.3. The van der Waals surface area contributed by atoms with Crippen molar-refractivity contribution in [3.8, 4) is 11.6 Å². The third kappa shape index (κ3) is 5.88. The highest BCUT2D eigenvalue weighted by Crippen LogP contribution is 2.22. The number of ether oxygens (including phenoxy) is 2. The van der Waals surface area contributed by atoms with Crippen molar-refractivity contribution in [3.63, 3.8) is 0 Å². The Morgan fingerprint density at radius 2 is 1.97 bits per heavy atom. The number of benzene rings is 1. The largest absolute Gasteiger partial charge is 0.497 e. The summed E-state index contributed by atoms with van der Waals surface area (Å²) in [5, 5.41) is 0. The molecule has 1 aromatic heterocycles. The number of sulfonamides is 1. The van der Waals surface area contributed by atoms with Gasteiger partial charge in [0.2, 0.25) is 21.8 Å². The molecule has 0 unspecified atom stereocenters. The number of nitrogens with zero attached hydrogens (tertiary/aromatic N) is 3. The lowest BCUT2D eigenvalue weighted by atomic mass is 10.1. The lowest BCUT2D eigenvalue weighted by molar-refractivity contribution is -0.132. The van der Waals surface area contributed by atoms with Crippen molar-refractivity contribution in [2.45, 2.75) is 32.3 Å². The molecule has 0 bridgehead atoms. The van der Waals surface area contributed by atoms with E-state index in [9.17, 15) is 13.2 Å². The molecule has 8 nitrogen and oxygen atoms in total. The van der Waals surface area contributed by atoms with Gasteiger partial charge in [-0.1, -0.05) is 12.1 Å². The number of anilines is 1. The van der Waals surface area contributed by atoms with E-state index in [0.717, 1.165) is 24.2 Å². The van der Waals surface area contributed by atoms with Crippen LogP contribution in [-0.4, -0.2) is 63.3 Å². The number of hydrogen-bond donors (Lipinski definition) is 0. The summed E-state index contributed by atoms with van der Waals surface area (Å²) < 4.78 is 36.3. The summed E-state index contributed by atoms with van der Waals surface area (Å²) in [5.41, 5.74) is 1.43. The van der Waals surface area contributed by atoms with E-state index in [-0.39, 0.29) is 17.8 Å². The van der Waals surface area contributed by atoms with Crippen molar-refractivity contribution in [2.75, 3.05) is 37.3 Å².